The highest BCUT2D eigenvalue weighted by molar-refractivity contribution is 5.97. The van der Waals surface area contributed by atoms with Gasteiger partial charge in [0.2, 0.25) is 0 Å². The van der Waals surface area contributed by atoms with E-state index in [1.165, 1.54) is 0 Å². The van der Waals surface area contributed by atoms with Crippen LogP contribution < -0.4 is 0 Å². The number of rotatable bonds is 8. The zero-order chi connectivity index (χ0) is 24.5. The van der Waals surface area contributed by atoms with Gasteiger partial charge in [0.05, 0.1) is 18.2 Å². The first-order chi connectivity index (χ1) is 16.5. The van der Waals surface area contributed by atoms with Crippen molar-refractivity contribution in [2.75, 3.05) is 0 Å². The Morgan fingerprint density at radius 2 is 1.15 bits per heavy atom. The SMILES string of the molecule is [C-]#[N+]/C(=C\c1ccc(/C=C(\C#N)c2ccc(C(=O)CC)cc2)cc1)c1ccc(C(=O)CC)cc1. The maximum Gasteiger partial charge on any atom is 0.194 e. The molecule has 4 nitrogen and oxygen atoms in total. The van der Waals surface area contributed by atoms with Gasteiger partial charge in [0.15, 0.2) is 17.3 Å². The molecule has 3 aromatic carbocycles. The van der Waals surface area contributed by atoms with Crippen molar-refractivity contribution in [1.29, 1.82) is 5.26 Å². The molecule has 0 N–H and O–H groups in total. The Balaban J connectivity index is 1.81. The first-order valence-corrected chi connectivity index (χ1v) is 11.1. The fraction of sp³-hybridized carbons (Fsp3) is 0.133. The van der Waals surface area contributed by atoms with Crippen LogP contribution in [0.5, 0.6) is 0 Å². The third-order valence-electron chi connectivity index (χ3n) is 5.45. The van der Waals surface area contributed by atoms with Crippen molar-refractivity contribution < 1.29 is 9.59 Å². The first-order valence-electron chi connectivity index (χ1n) is 11.1. The molecule has 3 rings (SSSR count). The van der Waals surface area contributed by atoms with E-state index in [1.54, 1.807) is 60.7 Å². The van der Waals surface area contributed by atoms with Gasteiger partial charge in [-0.3, -0.25) is 9.59 Å². The monoisotopic (exact) mass is 444 g/mol. The minimum absolute atomic E-state index is 0.0712. The van der Waals surface area contributed by atoms with E-state index in [0.717, 1.165) is 22.3 Å². The van der Waals surface area contributed by atoms with Crippen LogP contribution in [-0.4, -0.2) is 11.6 Å². The van der Waals surface area contributed by atoms with Gasteiger partial charge in [0, 0.05) is 24.0 Å². The number of hydrogen-bond acceptors (Lipinski definition) is 3. The van der Waals surface area contributed by atoms with Crippen molar-refractivity contribution >= 4 is 35.0 Å². The van der Waals surface area contributed by atoms with Gasteiger partial charge in [-0.2, -0.15) is 5.26 Å². The summed E-state index contributed by atoms with van der Waals surface area (Å²) in [7, 11) is 0. The second-order valence-corrected chi connectivity index (χ2v) is 7.69. The fourth-order valence-corrected chi connectivity index (χ4v) is 3.44. The van der Waals surface area contributed by atoms with Crippen molar-refractivity contribution in [1.82, 2.24) is 0 Å². The number of benzene rings is 3. The Labute approximate surface area is 200 Å². The largest absolute Gasteiger partial charge is 0.294 e. The van der Waals surface area contributed by atoms with Gasteiger partial charge in [-0.1, -0.05) is 86.6 Å². The van der Waals surface area contributed by atoms with Gasteiger partial charge in [-0.25, -0.2) is 4.85 Å². The lowest BCUT2D eigenvalue weighted by Crippen LogP contribution is -1.96. The molecule has 0 aliphatic heterocycles. The molecule has 0 saturated heterocycles. The van der Waals surface area contributed by atoms with Crippen molar-refractivity contribution in [3.05, 3.63) is 118 Å². The van der Waals surface area contributed by atoms with Crippen molar-refractivity contribution in [3.63, 3.8) is 0 Å². The number of hydrogen-bond donors (Lipinski definition) is 0. The number of allylic oxidation sites excluding steroid dienone is 1. The Morgan fingerprint density at radius 1 is 0.735 bits per heavy atom. The average molecular weight is 445 g/mol. The van der Waals surface area contributed by atoms with Crippen LogP contribution in [0.1, 0.15) is 69.7 Å². The topological polar surface area (TPSA) is 62.3 Å². The van der Waals surface area contributed by atoms with Crippen molar-refractivity contribution in [3.8, 4) is 6.07 Å². The molecule has 4 heteroatoms. The number of nitriles is 1. The molecule has 0 spiro atoms. The molecule has 0 aromatic heterocycles. The highest BCUT2D eigenvalue weighted by atomic mass is 16.1. The van der Waals surface area contributed by atoms with Gasteiger partial charge < -0.3 is 0 Å². The standard InChI is InChI=1S/C30H24N2O2/c1-4-29(33)25-14-10-23(11-15-25)27(20-31)18-21-6-8-22(9-7-21)19-28(32-3)24-12-16-26(17-13-24)30(34)5-2/h6-19H,4-5H2,1-2H3/b27-18+,28-19-. The van der Waals surface area contributed by atoms with Crippen LogP contribution in [0.3, 0.4) is 0 Å². The quantitative estimate of drug-likeness (QED) is 0.158. The molecule has 0 fully saturated rings. The minimum Gasteiger partial charge on any atom is -0.294 e. The van der Waals surface area contributed by atoms with Crippen LogP contribution in [-0.2, 0) is 0 Å². The highest BCUT2D eigenvalue weighted by Gasteiger charge is 2.07. The molecule has 0 atom stereocenters. The number of carbonyl (C=O) groups excluding carboxylic acids is 2. The van der Waals surface area contributed by atoms with E-state index < -0.39 is 0 Å². The number of ketones is 2. The zero-order valence-corrected chi connectivity index (χ0v) is 19.2. The average Bonchev–Trinajstić information content (AvgIpc) is 2.90. The van der Waals surface area contributed by atoms with Crippen LogP contribution in [0.25, 0.3) is 28.3 Å². The molecule has 34 heavy (non-hydrogen) atoms. The summed E-state index contributed by atoms with van der Waals surface area (Å²) in [5, 5.41) is 9.62. The molecule has 0 amide bonds. The summed E-state index contributed by atoms with van der Waals surface area (Å²) in [5.41, 5.74) is 5.49. The molecule has 0 saturated carbocycles. The third-order valence-corrected chi connectivity index (χ3v) is 5.45. The van der Waals surface area contributed by atoms with Crippen LogP contribution in [0, 0.1) is 17.9 Å². The second-order valence-electron chi connectivity index (χ2n) is 7.69. The third kappa shape index (κ3) is 5.82. The Kier molecular flexibility index (Phi) is 8.06. The molecule has 0 aliphatic rings. The van der Waals surface area contributed by atoms with Gasteiger partial charge in [-0.05, 0) is 34.4 Å². The highest BCUT2D eigenvalue weighted by Crippen LogP contribution is 2.23. The summed E-state index contributed by atoms with van der Waals surface area (Å²) < 4.78 is 0. The second kappa shape index (κ2) is 11.4. The van der Waals surface area contributed by atoms with Gasteiger partial charge in [0.25, 0.3) is 0 Å². The first kappa shape index (κ1) is 24.1. The molecule has 0 radical (unpaired) electrons. The van der Waals surface area contributed by atoms with Crippen LogP contribution in [0.4, 0.5) is 0 Å². The number of Topliss-reactive ketones (excluding diaryl/α,β-unsaturated/α-hetero) is 2. The maximum absolute atomic E-state index is 11.8. The number of nitrogens with zero attached hydrogens (tertiary/aromatic N) is 2. The smallest absolute Gasteiger partial charge is 0.194 e. The lowest BCUT2D eigenvalue weighted by molar-refractivity contribution is 0.0980. The zero-order valence-electron chi connectivity index (χ0n) is 19.2. The molecular weight excluding hydrogens is 420 g/mol. The van der Waals surface area contributed by atoms with E-state index in [9.17, 15) is 14.9 Å². The number of carbonyl (C=O) groups is 2. The molecule has 3 aromatic rings. The van der Waals surface area contributed by atoms with Gasteiger partial charge in [-0.15, -0.1) is 0 Å². The Morgan fingerprint density at radius 3 is 1.56 bits per heavy atom. The Hall–Kier alpha value is -4.54. The van der Waals surface area contributed by atoms with E-state index in [4.69, 9.17) is 6.57 Å². The van der Waals surface area contributed by atoms with Gasteiger partial charge >= 0.3 is 0 Å². The summed E-state index contributed by atoms with van der Waals surface area (Å²) in [6.07, 6.45) is 4.48. The predicted molar refractivity (Wildman–Crippen MR) is 137 cm³/mol. The molecule has 166 valence electrons. The van der Waals surface area contributed by atoms with Crippen LogP contribution in [0.2, 0.25) is 0 Å². The minimum atomic E-state index is 0.0712. The molecule has 0 unspecified atom stereocenters. The van der Waals surface area contributed by atoms with Crippen molar-refractivity contribution in [2.24, 2.45) is 0 Å². The normalized spacial score (nSPS) is 11.4. The molecule has 0 bridgehead atoms. The maximum atomic E-state index is 11.8. The fourth-order valence-electron chi connectivity index (χ4n) is 3.44. The lowest BCUT2D eigenvalue weighted by Gasteiger charge is -2.04. The van der Waals surface area contributed by atoms with E-state index in [0.29, 0.717) is 35.2 Å². The Bertz CT molecular complexity index is 1220. The summed E-state index contributed by atoms with van der Waals surface area (Å²) in [5.74, 6) is 0.146. The molecule has 0 heterocycles. The summed E-state index contributed by atoms with van der Waals surface area (Å²) in [6.45, 7) is 11.2. The van der Waals surface area contributed by atoms with E-state index in [1.807, 2.05) is 38.1 Å². The summed E-state index contributed by atoms with van der Waals surface area (Å²) in [4.78, 5) is 27.3. The predicted octanol–water partition coefficient (Wildman–Crippen LogP) is 7.35. The van der Waals surface area contributed by atoms with E-state index >= 15 is 0 Å². The molecule has 0 aliphatic carbocycles. The summed E-state index contributed by atoms with van der Waals surface area (Å²) >= 11 is 0. The van der Waals surface area contributed by atoms with E-state index in [-0.39, 0.29) is 11.6 Å². The molecular formula is C30H24N2O2. The summed E-state index contributed by atoms with van der Waals surface area (Å²) in [6, 6.07) is 24.0. The van der Waals surface area contributed by atoms with Crippen molar-refractivity contribution in [2.45, 2.75) is 26.7 Å². The van der Waals surface area contributed by atoms with E-state index in [2.05, 4.69) is 10.9 Å². The van der Waals surface area contributed by atoms with Gasteiger partial charge in [0.1, 0.15) is 0 Å². The van der Waals surface area contributed by atoms with Crippen LogP contribution >= 0.6 is 0 Å². The lowest BCUT2D eigenvalue weighted by atomic mass is 10.00. The van der Waals surface area contributed by atoms with Crippen LogP contribution in [0.15, 0.2) is 72.8 Å².